The number of nitrogens with zero attached hydrogens (tertiary/aromatic N) is 2. The highest BCUT2D eigenvalue weighted by molar-refractivity contribution is 9.11. The van der Waals surface area contributed by atoms with Crippen LogP contribution in [-0.2, 0) is 16.6 Å². The molecular weight excluding hydrogens is 362 g/mol. The molecule has 0 amide bonds. The van der Waals surface area contributed by atoms with Gasteiger partial charge in [0.1, 0.15) is 4.90 Å². The first-order valence-electron chi connectivity index (χ1n) is 6.51. The number of piperidine rings is 1. The Morgan fingerprint density at radius 2 is 2.05 bits per heavy atom. The molecule has 0 aromatic carbocycles. The highest BCUT2D eigenvalue weighted by atomic mass is 79.9. The zero-order valence-electron chi connectivity index (χ0n) is 11.7. The molecule has 0 aliphatic carbocycles. The smallest absolute Gasteiger partial charge is 0.245 e. The summed E-state index contributed by atoms with van der Waals surface area (Å²) in [6.45, 7) is 1.51. The summed E-state index contributed by atoms with van der Waals surface area (Å²) in [5.74, 6) is 0. The lowest BCUT2D eigenvalue weighted by atomic mass is 10.1. The van der Waals surface area contributed by atoms with Crippen LogP contribution in [0.3, 0.4) is 0 Å². The largest absolute Gasteiger partial charge is 0.326 e. The van der Waals surface area contributed by atoms with E-state index in [4.69, 9.17) is 5.73 Å². The standard InChI is InChI=1S/C12H20BrN3O2S2/c1-15(2)9-3-5-16(6-4-9)20(17,18)11-7-10(8-14)19-12(11)13/h7,9H,3-6,8,14H2,1-2H3. The first kappa shape index (κ1) is 16.4. The molecule has 1 fully saturated rings. The summed E-state index contributed by atoms with van der Waals surface area (Å²) in [5.41, 5.74) is 5.58. The van der Waals surface area contributed by atoms with Crippen molar-refractivity contribution in [1.29, 1.82) is 0 Å². The van der Waals surface area contributed by atoms with E-state index < -0.39 is 10.0 Å². The van der Waals surface area contributed by atoms with Crippen LogP contribution < -0.4 is 5.73 Å². The van der Waals surface area contributed by atoms with Crippen LogP contribution in [-0.4, -0.2) is 50.8 Å². The van der Waals surface area contributed by atoms with Gasteiger partial charge in [0.15, 0.2) is 0 Å². The number of hydrogen-bond donors (Lipinski definition) is 1. The average Bonchev–Trinajstić information content (AvgIpc) is 2.81. The summed E-state index contributed by atoms with van der Waals surface area (Å²) in [4.78, 5) is 3.39. The van der Waals surface area contributed by atoms with E-state index in [9.17, 15) is 8.42 Å². The van der Waals surface area contributed by atoms with Crippen LogP contribution in [0, 0.1) is 0 Å². The predicted octanol–water partition coefficient (Wildman–Crippen LogP) is 1.68. The highest BCUT2D eigenvalue weighted by Crippen LogP contribution is 2.34. The van der Waals surface area contributed by atoms with Crippen LogP contribution in [0.1, 0.15) is 17.7 Å². The molecule has 1 aromatic heterocycles. The SMILES string of the molecule is CN(C)C1CCN(S(=O)(=O)c2cc(CN)sc2Br)CC1. The fourth-order valence-corrected chi connectivity index (χ4v) is 6.39. The van der Waals surface area contributed by atoms with Gasteiger partial charge in [-0.15, -0.1) is 11.3 Å². The molecule has 2 N–H and O–H groups in total. The maximum absolute atomic E-state index is 12.7. The van der Waals surface area contributed by atoms with E-state index in [1.165, 1.54) is 11.3 Å². The number of rotatable bonds is 4. The Morgan fingerprint density at radius 3 is 2.50 bits per heavy atom. The summed E-state index contributed by atoms with van der Waals surface area (Å²) in [6.07, 6.45) is 1.75. The lowest BCUT2D eigenvalue weighted by Gasteiger charge is -2.34. The van der Waals surface area contributed by atoms with E-state index in [-0.39, 0.29) is 0 Å². The van der Waals surface area contributed by atoms with Gasteiger partial charge in [-0.1, -0.05) is 0 Å². The molecule has 1 aromatic rings. The minimum Gasteiger partial charge on any atom is -0.326 e. The molecule has 0 atom stereocenters. The maximum Gasteiger partial charge on any atom is 0.245 e. The van der Waals surface area contributed by atoms with E-state index in [1.54, 1.807) is 10.4 Å². The summed E-state index contributed by atoms with van der Waals surface area (Å²) in [6, 6.07) is 2.15. The van der Waals surface area contributed by atoms with Gasteiger partial charge in [-0.2, -0.15) is 4.31 Å². The summed E-state index contributed by atoms with van der Waals surface area (Å²) >= 11 is 4.73. The van der Waals surface area contributed by atoms with Gasteiger partial charge in [-0.05, 0) is 48.9 Å². The summed E-state index contributed by atoms with van der Waals surface area (Å²) in [7, 11) is 0.671. The molecule has 114 valence electrons. The van der Waals surface area contributed by atoms with Gasteiger partial charge in [-0.3, -0.25) is 0 Å². The van der Waals surface area contributed by atoms with Gasteiger partial charge < -0.3 is 10.6 Å². The third kappa shape index (κ3) is 3.26. The van der Waals surface area contributed by atoms with Gasteiger partial charge in [0.05, 0.1) is 3.79 Å². The average molecular weight is 382 g/mol. The number of thiophene rings is 1. The quantitative estimate of drug-likeness (QED) is 0.861. The van der Waals surface area contributed by atoms with Crippen molar-refractivity contribution in [3.05, 3.63) is 14.7 Å². The van der Waals surface area contributed by atoms with Crippen molar-refractivity contribution in [2.45, 2.75) is 30.3 Å². The molecule has 2 heterocycles. The first-order chi connectivity index (χ1) is 9.36. The fourth-order valence-electron chi connectivity index (χ4n) is 2.41. The number of halogens is 1. The Labute approximate surface area is 132 Å². The van der Waals surface area contributed by atoms with Gasteiger partial charge in [0, 0.05) is 30.6 Å². The van der Waals surface area contributed by atoms with Crippen molar-refractivity contribution >= 4 is 37.3 Å². The normalized spacial score (nSPS) is 18.9. The Hall–Kier alpha value is 0.01000. The molecule has 20 heavy (non-hydrogen) atoms. The van der Waals surface area contributed by atoms with Crippen molar-refractivity contribution < 1.29 is 8.42 Å². The zero-order valence-corrected chi connectivity index (χ0v) is 14.9. The van der Waals surface area contributed by atoms with E-state index in [1.807, 2.05) is 14.1 Å². The monoisotopic (exact) mass is 381 g/mol. The van der Waals surface area contributed by atoms with Gasteiger partial charge in [0.25, 0.3) is 0 Å². The summed E-state index contributed by atoms with van der Waals surface area (Å²) < 4.78 is 27.6. The van der Waals surface area contributed by atoms with Crippen molar-refractivity contribution in [1.82, 2.24) is 9.21 Å². The number of sulfonamides is 1. The van der Waals surface area contributed by atoms with Crippen LogP contribution in [0.5, 0.6) is 0 Å². The Bertz CT molecular complexity index is 563. The number of hydrogen-bond acceptors (Lipinski definition) is 5. The van der Waals surface area contributed by atoms with Crippen molar-refractivity contribution in [2.75, 3.05) is 27.2 Å². The second-order valence-electron chi connectivity index (χ2n) is 5.15. The molecule has 1 aliphatic heterocycles. The Morgan fingerprint density at radius 1 is 1.45 bits per heavy atom. The molecule has 5 nitrogen and oxygen atoms in total. The lowest BCUT2D eigenvalue weighted by molar-refractivity contribution is 0.196. The van der Waals surface area contributed by atoms with Crippen molar-refractivity contribution in [3.8, 4) is 0 Å². The molecule has 0 unspecified atom stereocenters. The van der Waals surface area contributed by atoms with E-state index >= 15 is 0 Å². The predicted molar refractivity (Wildman–Crippen MR) is 85.4 cm³/mol. The van der Waals surface area contributed by atoms with Crippen molar-refractivity contribution in [2.24, 2.45) is 5.73 Å². The molecule has 0 saturated carbocycles. The lowest BCUT2D eigenvalue weighted by Crippen LogP contribution is -2.44. The molecule has 1 saturated heterocycles. The van der Waals surface area contributed by atoms with Gasteiger partial charge in [-0.25, -0.2) is 8.42 Å². The zero-order chi connectivity index (χ0) is 14.9. The molecule has 1 aliphatic rings. The molecule has 0 radical (unpaired) electrons. The maximum atomic E-state index is 12.7. The Kier molecular flexibility index (Phi) is 5.25. The third-order valence-corrected chi connectivity index (χ3v) is 7.85. The van der Waals surface area contributed by atoms with E-state index in [0.717, 1.165) is 17.7 Å². The van der Waals surface area contributed by atoms with Crippen LogP contribution in [0.15, 0.2) is 14.7 Å². The van der Waals surface area contributed by atoms with Crippen LogP contribution in [0.4, 0.5) is 0 Å². The molecule has 0 spiro atoms. The minimum atomic E-state index is -3.41. The van der Waals surface area contributed by atoms with Crippen LogP contribution in [0.25, 0.3) is 0 Å². The highest BCUT2D eigenvalue weighted by Gasteiger charge is 2.32. The van der Waals surface area contributed by atoms with Gasteiger partial charge in [0.2, 0.25) is 10.0 Å². The Balaban J connectivity index is 2.17. The topological polar surface area (TPSA) is 66.6 Å². The van der Waals surface area contributed by atoms with Crippen LogP contribution >= 0.6 is 27.3 Å². The molecule has 8 heteroatoms. The first-order valence-corrected chi connectivity index (χ1v) is 9.56. The second kappa shape index (κ2) is 6.41. The van der Waals surface area contributed by atoms with Crippen molar-refractivity contribution in [3.63, 3.8) is 0 Å². The number of nitrogens with two attached hydrogens (primary N) is 1. The minimum absolute atomic E-state index is 0.353. The molecule has 0 bridgehead atoms. The van der Waals surface area contributed by atoms with E-state index in [0.29, 0.717) is 34.4 Å². The molecular formula is C12H20BrN3O2S2. The van der Waals surface area contributed by atoms with Gasteiger partial charge >= 0.3 is 0 Å². The van der Waals surface area contributed by atoms with Crippen LogP contribution in [0.2, 0.25) is 0 Å². The fraction of sp³-hybridized carbons (Fsp3) is 0.667. The van der Waals surface area contributed by atoms with E-state index in [2.05, 4.69) is 20.8 Å². The summed E-state index contributed by atoms with van der Waals surface area (Å²) in [5, 5.41) is 0. The second-order valence-corrected chi connectivity index (χ2v) is 9.51. The molecule has 2 rings (SSSR count). The third-order valence-electron chi connectivity index (χ3n) is 3.68.